The number of methoxy groups -OCH3 is 1. The Morgan fingerprint density at radius 3 is 1.30 bits per heavy atom. The molecule has 0 radical (unpaired) electrons. The van der Waals surface area contributed by atoms with Crippen molar-refractivity contribution >= 4 is 5.97 Å². The number of carbonyl (C=O) groups is 1. The van der Waals surface area contributed by atoms with Crippen molar-refractivity contribution in [3.8, 4) is 0 Å². The summed E-state index contributed by atoms with van der Waals surface area (Å²) in [4.78, 5) is 6.87. The highest BCUT2D eigenvalue weighted by Crippen LogP contribution is 2.64. The molecule has 0 spiro atoms. The highest BCUT2D eigenvalue weighted by atomic mass is 19.4. The van der Waals surface area contributed by atoms with Gasteiger partial charge in [-0.15, -0.1) is 0 Å². The first-order chi connectivity index (χ1) is 11.6. The second-order valence-corrected chi connectivity index (χ2v) is 4.74. The third-order valence-corrected chi connectivity index (χ3v) is 3.06. The van der Waals surface area contributed by atoms with E-state index in [4.69, 9.17) is 0 Å². The maximum Gasteiger partial charge on any atom is 0.456 e. The molecule has 0 amide bonds. The molecule has 4 nitrogen and oxygen atoms in total. The van der Waals surface area contributed by atoms with Crippen LogP contribution in [0, 0.1) is 0 Å². The molecule has 1 aliphatic heterocycles. The fourth-order valence-corrected chi connectivity index (χ4v) is 1.80. The zero-order valence-electron chi connectivity index (χ0n) is 12.0. The highest BCUT2D eigenvalue weighted by Gasteiger charge is 2.95. The lowest BCUT2D eigenvalue weighted by Gasteiger charge is -2.53. The number of halogens is 14. The quantitative estimate of drug-likeness (QED) is 0.374. The molecule has 0 aromatic carbocycles. The summed E-state index contributed by atoms with van der Waals surface area (Å²) < 4.78 is 189. The Hall–Kier alpha value is -1.59. The van der Waals surface area contributed by atoms with Crippen molar-refractivity contribution in [1.29, 1.82) is 0 Å². The summed E-state index contributed by atoms with van der Waals surface area (Å²) in [5.74, 6) is -18.4. The minimum absolute atomic E-state index is 0.133. The van der Waals surface area contributed by atoms with E-state index in [0.29, 0.717) is 0 Å². The molecule has 1 saturated heterocycles. The van der Waals surface area contributed by atoms with E-state index in [1.54, 1.807) is 4.74 Å². The van der Waals surface area contributed by atoms with Gasteiger partial charge < -0.3 is 4.74 Å². The van der Waals surface area contributed by atoms with E-state index < -0.39 is 53.1 Å². The molecular weight excluding hydrogens is 436 g/mol. The maximum atomic E-state index is 13.7. The zero-order chi connectivity index (χ0) is 22.1. The van der Waals surface area contributed by atoms with Crippen LogP contribution in [0.1, 0.15) is 0 Å². The van der Waals surface area contributed by atoms with Crippen LogP contribution in [0.25, 0.3) is 0 Å². The number of esters is 1. The predicted molar refractivity (Wildman–Crippen MR) is 49.6 cm³/mol. The summed E-state index contributed by atoms with van der Waals surface area (Å²) in [6.45, 7) is 0. The fourth-order valence-electron chi connectivity index (χ4n) is 1.80. The lowest BCUT2D eigenvalue weighted by atomic mass is 10.0. The summed E-state index contributed by atoms with van der Waals surface area (Å²) in [5, 5.41) is 0. The molecule has 2 unspecified atom stereocenters. The third kappa shape index (κ3) is 2.78. The number of ether oxygens (including phenoxy) is 2. The first-order valence-corrected chi connectivity index (χ1v) is 5.79. The van der Waals surface area contributed by atoms with Gasteiger partial charge in [0.25, 0.3) is 0 Å². The second kappa shape index (κ2) is 5.71. The fraction of sp³-hybridized carbons (Fsp3) is 0.889. The van der Waals surface area contributed by atoms with E-state index in [0.717, 1.165) is 0 Å². The van der Waals surface area contributed by atoms with Crippen molar-refractivity contribution in [3.05, 3.63) is 0 Å². The van der Waals surface area contributed by atoms with Crippen molar-refractivity contribution in [2.75, 3.05) is 7.11 Å². The third-order valence-electron chi connectivity index (χ3n) is 3.06. The Morgan fingerprint density at radius 1 is 0.778 bits per heavy atom. The average molecular weight is 439 g/mol. The summed E-state index contributed by atoms with van der Waals surface area (Å²) >= 11 is 0. The Kier molecular flexibility index (Phi) is 4.96. The number of alkyl halides is 14. The molecule has 0 aromatic rings. The first kappa shape index (κ1) is 23.4. The average Bonchev–Trinajstić information content (AvgIpc) is 2.40. The van der Waals surface area contributed by atoms with E-state index in [-0.39, 0.29) is 7.11 Å². The lowest BCUT2D eigenvalue weighted by Crippen LogP contribution is -2.85. The lowest BCUT2D eigenvalue weighted by molar-refractivity contribution is -0.592. The molecule has 0 saturated carbocycles. The molecule has 160 valence electrons. The first-order valence-electron chi connectivity index (χ1n) is 5.79. The SMILES string of the molecule is COC(=O)C(F)(F)N1C(F)(F)C(F)(C(F)(F)F)OC(F)(C(F)(F)F)C1(F)F. The summed E-state index contributed by atoms with van der Waals surface area (Å²) in [6, 6.07) is -21.7. The van der Waals surface area contributed by atoms with Crippen LogP contribution in [0.2, 0.25) is 0 Å². The van der Waals surface area contributed by atoms with Crippen LogP contribution in [-0.2, 0) is 14.3 Å². The van der Waals surface area contributed by atoms with Crippen molar-refractivity contribution in [1.82, 2.24) is 4.90 Å². The van der Waals surface area contributed by atoms with E-state index in [9.17, 15) is 66.3 Å². The standard InChI is InChI=1S/C9H3F14NO3/c1-26-2(25)3(10,11)24-8(20,21)4(12,6(14,15)16)27-5(13,7(17,18)19)9(24,22)23/h1H3. The molecule has 0 aromatic heterocycles. The van der Waals surface area contributed by atoms with Crippen LogP contribution in [0.4, 0.5) is 61.5 Å². The Morgan fingerprint density at radius 2 is 1.07 bits per heavy atom. The number of hydrogen-bond acceptors (Lipinski definition) is 4. The van der Waals surface area contributed by atoms with E-state index in [1.807, 2.05) is 0 Å². The van der Waals surface area contributed by atoms with Gasteiger partial charge in [0.05, 0.1) is 7.11 Å². The van der Waals surface area contributed by atoms with Crippen molar-refractivity contribution < 1.29 is 75.7 Å². The van der Waals surface area contributed by atoms with Crippen molar-refractivity contribution in [3.63, 3.8) is 0 Å². The topological polar surface area (TPSA) is 38.8 Å². The van der Waals surface area contributed by atoms with Gasteiger partial charge in [-0.25, -0.2) is 4.79 Å². The van der Waals surface area contributed by atoms with E-state index in [2.05, 4.69) is 4.74 Å². The number of nitrogens with zero attached hydrogens (tertiary/aromatic N) is 1. The van der Waals surface area contributed by atoms with Gasteiger partial charge in [-0.05, 0) is 0 Å². The molecule has 0 aliphatic carbocycles. The molecule has 27 heavy (non-hydrogen) atoms. The monoisotopic (exact) mass is 439 g/mol. The number of hydrogen-bond donors (Lipinski definition) is 0. The molecule has 18 heteroatoms. The smallest absolute Gasteiger partial charge is 0.456 e. The van der Waals surface area contributed by atoms with Gasteiger partial charge >= 0.3 is 48.2 Å². The Balaban J connectivity index is 3.99. The Labute approximate surface area is 137 Å². The van der Waals surface area contributed by atoms with Crippen LogP contribution in [-0.4, -0.2) is 60.2 Å². The van der Waals surface area contributed by atoms with Gasteiger partial charge in [-0.1, -0.05) is 4.90 Å². The van der Waals surface area contributed by atoms with Crippen LogP contribution in [0.15, 0.2) is 0 Å². The minimum Gasteiger partial charge on any atom is -0.463 e. The van der Waals surface area contributed by atoms with E-state index >= 15 is 0 Å². The minimum atomic E-state index is -7.47. The number of morpholine rings is 1. The van der Waals surface area contributed by atoms with Gasteiger partial charge in [0, 0.05) is 0 Å². The van der Waals surface area contributed by atoms with Crippen LogP contribution < -0.4 is 0 Å². The van der Waals surface area contributed by atoms with Gasteiger partial charge in [-0.2, -0.15) is 61.5 Å². The van der Waals surface area contributed by atoms with Gasteiger partial charge in [-0.3, -0.25) is 4.74 Å². The summed E-state index contributed by atoms with van der Waals surface area (Å²) in [5.41, 5.74) is 0. The predicted octanol–water partition coefficient (Wildman–Crippen LogP) is 3.73. The van der Waals surface area contributed by atoms with Crippen molar-refractivity contribution in [2.24, 2.45) is 0 Å². The molecule has 1 heterocycles. The summed E-state index contributed by atoms with van der Waals surface area (Å²) in [6.07, 6.45) is -14.9. The Bertz CT molecular complexity index is 576. The molecule has 0 bridgehead atoms. The van der Waals surface area contributed by atoms with Gasteiger partial charge in [0.2, 0.25) is 0 Å². The molecule has 2 atom stereocenters. The van der Waals surface area contributed by atoms with E-state index in [1.165, 1.54) is 0 Å². The normalized spacial score (nSPS) is 32.3. The van der Waals surface area contributed by atoms with Crippen LogP contribution in [0.3, 0.4) is 0 Å². The largest absolute Gasteiger partial charge is 0.463 e. The molecular formula is C9H3F14NO3. The molecule has 1 rings (SSSR count). The maximum absolute atomic E-state index is 13.7. The second-order valence-electron chi connectivity index (χ2n) is 4.74. The zero-order valence-corrected chi connectivity index (χ0v) is 12.0. The van der Waals surface area contributed by atoms with Gasteiger partial charge in [0.15, 0.2) is 0 Å². The van der Waals surface area contributed by atoms with Crippen molar-refractivity contribution in [2.45, 2.75) is 42.2 Å². The number of rotatable bonds is 2. The van der Waals surface area contributed by atoms with Gasteiger partial charge in [0.1, 0.15) is 0 Å². The number of carbonyl (C=O) groups excluding carboxylic acids is 1. The van der Waals surface area contributed by atoms with Crippen LogP contribution >= 0.6 is 0 Å². The summed E-state index contributed by atoms with van der Waals surface area (Å²) in [7, 11) is -0.133. The van der Waals surface area contributed by atoms with Crippen LogP contribution in [0.5, 0.6) is 0 Å². The molecule has 1 aliphatic rings. The molecule has 1 fully saturated rings. The molecule has 0 N–H and O–H groups in total. The highest BCUT2D eigenvalue weighted by molar-refractivity contribution is 5.77.